The molecule has 17 heavy (non-hydrogen) atoms. The van der Waals surface area contributed by atoms with Crippen molar-refractivity contribution in [3.63, 3.8) is 0 Å². The van der Waals surface area contributed by atoms with Crippen LogP contribution < -0.4 is 21.2 Å². The summed E-state index contributed by atoms with van der Waals surface area (Å²) in [4.78, 5) is 0. The molecule has 1 heterocycles. The van der Waals surface area contributed by atoms with Crippen molar-refractivity contribution in [2.45, 2.75) is 27.7 Å². The van der Waals surface area contributed by atoms with Gasteiger partial charge in [-0.2, -0.15) is 0 Å². The second-order valence-corrected chi connectivity index (χ2v) is 7.54. The van der Waals surface area contributed by atoms with Crippen LogP contribution in [0.25, 0.3) is 11.1 Å². The van der Waals surface area contributed by atoms with Crippen LogP contribution in [0.1, 0.15) is 22.3 Å². The Morgan fingerprint density at radius 2 is 1.41 bits per heavy atom. The van der Waals surface area contributed by atoms with Crippen molar-refractivity contribution in [1.82, 2.24) is 0 Å². The Kier molecular flexibility index (Phi) is 2.54. The van der Waals surface area contributed by atoms with Gasteiger partial charge in [0.2, 0.25) is 7.14 Å². The summed E-state index contributed by atoms with van der Waals surface area (Å²) in [6, 6.07) is 8.95. The number of fused-ring (bicyclic) bond motifs is 3. The first-order valence-electron chi connectivity index (χ1n) is 5.96. The first-order chi connectivity index (χ1) is 8.11. The molecule has 0 unspecified atom stereocenters. The van der Waals surface area contributed by atoms with Crippen molar-refractivity contribution in [2.24, 2.45) is 0 Å². The summed E-state index contributed by atoms with van der Waals surface area (Å²) in [5.74, 6) is 0. The molecular weight excluding hydrogens is 319 g/mol. The maximum absolute atomic E-state index is 2.31. The molecule has 0 radical (unpaired) electrons. The average Bonchev–Trinajstić information content (AvgIpc) is 2.73. The van der Waals surface area contributed by atoms with E-state index in [0.29, 0.717) is 0 Å². The second-order valence-electron chi connectivity index (χ2n) is 4.76. The minimum absolute atomic E-state index is 0.0347. The van der Waals surface area contributed by atoms with E-state index < -0.39 is 0 Å². The van der Waals surface area contributed by atoms with E-state index in [-0.39, 0.29) is 21.2 Å². The van der Waals surface area contributed by atoms with E-state index >= 15 is 0 Å². The molecule has 0 bridgehead atoms. The normalized spacial score (nSPS) is 12.5. The third kappa shape index (κ3) is 1.48. The summed E-state index contributed by atoms with van der Waals surface area (Å²) in [5.41, 5.74) is 9.04. The molecule has 1 aliphatic heterocycles. The van der Waals surface area contributed by atoms with Crippen molar-refractivity contribution in [2.75, 3.05) is 0 Å². The molecule has 3 rings (SSSR count). The second kappa shape index (κ2) is 3.84. The molecule has 0 fully saturated rings. The maximum atomic E-state index is 2.31. The van der Waals surface area contributed by atoms with Crippen molar-refractivity contribution in [1.29, 1.82) is 0 Å². The van der Waals surface area contributed by atoms with Gasteiger partial charge in [-0.1, -0.05) is 12.1 Å². The van der Waals surface area contributed by atoms with E-state index in [2.05, 4.69) is 52.0 Å². The maximum Gasteiger partial charge on any atom is 0.359 e. The summed E-state index contributed by atoms with van der Waals surface area (Å²) in [7, 11) is 0. The quantitative estimate of drug-likeness (QED) is 0.539. The first-order valence-corrected chi connectivity index (χ1v) is 8.11. The summed E-state index contributed by atoms with van der Waals surface area (Å²) in [6.07, 6.45) is 0. The van der Waals surface area contributed by atoms with Crippen LogP contribution in [0.5, 0.6) is 0 Å². The van der Waals surface area contributed by atoms with Crippen LogP contribution >= 0.6 is 0 Å². The lowest BCUT2D eigenvalue weighted by Gasteiger charge is -2.11. The van der Waals surface area contributed by atoms with Crippen molar-refractivity contribution in [3.05, 3.63) is 53.7 Å². The molecule has 0 N–H and O–H groups in total. The Labute approximate surface area is 113 Å². The Morgan fingerprint density at radius 1 is 0.765 bits per heavy atom. The highest BCUT2D eigenvalue weighted by molar-refractivity contribution is 5.71. The molecule has 0 aliphatic carbocycles. The fraction of sp³-hybridized carbons (Fsp3) is 0.250. The summed E-state index contributed by atoms with van der Waals surface area (Å²) in [5, 5.41) is 0. The summed E-state index contributed by atoms with van der Waals surface area (Å²) >= 11 is 0.0347. The molecular formula is C16H16I+. The third-order valence-corrected chi connectivity index (χ3v) is 7.36. The van der Waals surface area contributed by atoms with E-state index in [0.717, 1.165) is 0 Å². The molecule has 86 valence electrons. The molecule has 0 nitrogen and oxygen atoms in total. The SMILES string of the molecule is Cc1c(C)c(C)c2c(c1C)[I+]c1ccccc1-2. The van der Waals surface area contributed by atoms with Gasteiger partial charge in [0.05, 0.1) is 0 Å². The number of halogens is 1. The number of hydrogen-bond donors (Lipinski definition) is 0. The van der Waals surface area contributed by atoms with E-state index in [1.54, 1.807) is 12.7 Å². The monoisotopic (exact) mass is 335 g/mol. The number of rotatable bonds is 0. The zero-order valence-electron chi connectivity index (χ0n) is 10.7. The summed E-state index contributed by atoms with van der Waals surface area (Å²) in [6.45, 7) is 9.11. The average molecular weight is 335 g/mol. The molecule has 1 heteroatoms. The zero-order valence-corrected chi connectivity index (χ0v) is 12.8. The van der Waals surface area contributed by atoms with Gasteiger partial charge in [0.25, 0.3) is 0 Å². The van der Waals surface area contributed by atoms with Crippen LogP contribution in [0, 0.1) is 34.8 Å². The molecule has 0 saturated carbocycles. The van der Waals surface area contributed by atoms with Crippen LogP contribution in [0.2, 0.25) is 0 Å². The van der Waals surface area contributed by atoms with Gasteiger partial charge in [-0.25, -0.2) is 0 Å². The Morgan fingerprint density at radius 3 is 2.18 bits per heavy atom. The van der Waals surface area contributed by atoms with Gasteiger partial charge >= 0.3 is 21.2 Å². The van der Waals surface area contributed by atoms with Crippen LogP contribution in [0.15, 0.2) is 24.3 Å². The van der Waals surface area contributed by atoms with E-state index in [4.69, 9.17) is 0 Å². The van der Waals surface area contributed by atoms with Crippen LogP contribution in [0.3, 0.4) is 0 Å². The van der Waals surface area contributed by atoms with Gasteiger partial charge < -0.3 is 0 Å². The fourth-order valence-corrected chi connectivity index (χ4v) is 6.04. The molecule has 0 spiro atoms. The Bertz CT molecular complexity index is 624. The van der Waals surface area contributed by atoms with Crippen LogP contribution in [0.4, 0.5) is 0 Å². The van der Waals surface area contributed by atoms with Crippen molar-refractivity contribution >= 4 is 0 Å². The van der Waals surface area contributed by atoms with E-state index in [1.165, 1.54) is 27.8 Å². The van der Waals surface area contributed by atoms with Crippen molar-refractivity contribution in [3.8, 4) is 11.1 Å². The van der Waals surface area contributed by atoms with Crippen molar-refractivity contribution < 1.29 is 21.2 Å². The van der Waals surface area contributed by atoms with Gasteiger partial charge in [-0.3, -0.25) is 0 Å². The number of benzene rings is 2. The van der Waals surface area contributed by atoms with Gasteiger partial charge in [-0.15, -0.1) is 0 Å². The van der Waals surface area contributed by atoms with E-state index in [1.807, 2.05) is 0 Å². The highest BCUT2D eigenvalue weighted by Crippen LogP contribution is 2.31. The minimum Gasteiger partial charge on any atom is -0.0613 e. The fourth-order valence-electron chi connectivity index (χ4n) is 2.55. The highest BCUT2D eigenvalue weighted by atomic mass is 127. The predicted molar refractivity (Wildman–Crippen MR) is 68.2 cm³/mol. The molecule has 0 aromatic heterocycles. The molecule has 1 aliphatic rings. The standard InChI is InChI=1S/C16H16I/c1-9-10(2)12(4)16-15(11(9)3)13-7-5-6-8-14(13)17-16/h5-8H,1-4H3/q+1. The smallest absolute Gasteiger partial charge is 0.0613 e. The molecule has 2 aromatic rings. The largest absolute Gasteiger partial charge is 0.359 e. The minimum atomic E-state index is 0.0347. The lowest BCUT2D eigenvalue weighted by molar-refractivity contribution is -0.590. The lowest BCUT2D eigenvalue weighted by Crippen LogP contribution is -3.61. The van der Waals surface area contributed by atoms with Crippen LogP contribution in [-0.4, -0.2) is 0 Å². The topological polar surface area (TPSA) is 0 Å². The van der Waals surface area contributed by atoms with Gasteiger partial charge in [0.1, 0.15) is 0 Å². The van der Waals surface area contributed by atoms with Gasteiger partial charge in [0, 0.05) is 16.7 Å². The highest BCUT2D eigenvalue weighted by Gasteiger charge is 2.37. The molecule has 0 amide bonds. The Balaban J connectivity index is 2.41. The molecule has 0 saturated heterocycles. The molecule has 2 aromatic carbocycles. The lowest BCUT2D eigenvalue weighted by atomic mass is 9.91. The Hall–Kier alpha value is -0.830. The molecule has 0 atom stereocenters. The van der Waals surface area contributed by atoms with E-state index in [9.17, 15) is 0 Å². The predicted octanol–water partition coefficient (Wildman–Crippen LogP) is 1.03. The third-order valence-electron chi connectivity index (χ3n) is 3.95. The first kappa shape index (κ1) is 11.3. The summed E-state index contributed by atoms with van der Waals surface area (Å²) < 4.78 is 3.25. The number of hydrogen-bond acceptors (Lipinski definition) is 0. The van der Waals surface area contributed by atoms with Gasteiger partial charge in [0.15, 0.2) is 0 Å². The van der Waals surface area contributed by atoms with Gasteiger partial charge in [-0.05, 0) is 56.5 Å². The van der Waals surface area contributed by atoms with Crippen LogP contribution in [-0.2, 0) is 0 Å². The zero-order chi connectivity index (χ0) is 12.2.